The molecule has 2 N–H and O–H groups in total. The summed E-state index contributed by atoms with van der Waals surface area (Å²) in [6.45, 7) is 4.76. The molecule has 0 aromatic rings. The Morgan fingerprint density at radius 2 is 2.00 bits per heavy atom. The fourth-order valence-electron chi connectivity index (χ4n) is 4.28. The summed E-state index contributed by atoms with van der Waals surface area (Å²) in [6, 6.07) is 0.335. The first kappa shape index (κ1) is 9.65. The Balaban J connectivity index is 2.01. The first-order valence-corrected chi connectivity index (χ1v) is 6.36. The molecule has 1 heteroatoms. The van der Waals surface area contributed by atoms with Crippen molar-refractivity contribution in [3.63, 3.8) is 0 Å². The average Bonchev–Trinajstić information content (AvgIpc) is 2.73. The Morgan fingerprint density at radius 3 is 2.67 bits per heavy atom. The smallest absolute Gasteiger partial charge is 0.0297 e. The molecular weight excluding hydrogens is 182 g/mol. The highest BCUT2D eigenvalue weighted by molar-refractivity contribution is 5.44. The Morgan fingerprint density at radius 1 is 1.27 bits per heavy atom. The third kappa shape index (κ3) is 1.19. The van der Waals surface area contributed by atoms with E-state index >= 15 is 0 Å². The predicted molar refractivity (Wildman–Crippen MR) is 63.3 cm³/mol. The molecule has 0 aromatic heterocycles. The van der Waals surface area contributed by atoms with Crippen LogP contribution in [0.5, 0.6) is 0 Å². The molecule has 0 aliphatic heterocycles. The molecule has 1 fully saturated rings. The summed E-state index contributed by atoms with van der Waals surface area (Å²) in [5.74, 6) is 3.37. The van der Waals surface area contributed by atoms with Gasteiger partial charge in [0.15, 0.2) is 0 Å². The van der Waals surface area contributed by atoms with Gasteiger partial charge in [0, 0.05) is 6.04 Å². The maximum absolute atomic E-state index is 6.26. The minimum Gasteiger partial charge on any atom is -0.324 e. The van der Waals surface area contributed by atoms with Gasteiger partial charge in [-0.05, 0) is 54.1 Å². The maximum atomic E-state index is 6.26. The largest absolute Gasteiger partial charge is 0.324 e. The van der Waals surface area contributed by atoms with Crippen LogP contribution in [0, 0.1) is 23.7 Å². The van der Waals surface area contributed by atoms with Crippen molar-refractivity contribution in [2.75, 3.05) is 0 Å². The van der Waals surface area contributed by atoms with Gasteiger partial charge in [0.25, 0.3) is 0 Å². The molecule has 0 aromatic carbocycles. The second-order valence-corrected chi connectivity index (χ2v) is 5.77. The van der Waals surface area contributed by atoms with Crippen LogP contribution in [0.1, 0.15) is 33.1 Å². The number of rotatable bonds is 1. The molecule has 82 valence electrons. The van der Waals surface area contributed by atoms with Gasteiger partial charge in [0.1, 0.15) is 0 Å². The van der Waals surface area contributed by atoms with Crippen molar-refractivity contribution in [1.82, 2.24) is 0 Å². The van der Waals surface area contributed by atoms with Gasteiger partial charge in [-0.25, -0.2) is 0 Å². The second kappa shape index (κ2) is 3.21. The molecule has 1 nitrogen and oxygen atoms in total. The number of hydrogen-bond donors (Lipinski definition) is 1. The van der Waals surface area contributed by atoms with E-state index in [1.165, 1.54) is 12.8 Å². The molecule has 2 bridgehead atoms. The van der Waals surface area contributed by atoms with E-state index in [0.29, 0.717) is 6.04 Å². The molecule has 15 heavy (non-hydrogen) atoms. The van der Waals surface area contributed by atoms with Gasteiger partial charge >= 0.3 is 0 Å². The molecule has 1 saturated carbocycles. The number of fused-ring (bicyclic) bond motifs is 4. The zero-order valence-electron chi connectivity index (χ0n) is 9.74. The normalized spacial score (nSPS) is 42.9. The molecule has 3 aliphatic carbocycles. The molecule has 4 unspecified atom stereocenters. The Bertz CT molecular complexity index is 337. The highest BCUT2D eigenvalue weighted by Crippen LogP contribution is 2.57. The fraction of sp³-hybridized carbons (Fsp3) is 0.714. The second-order valence-electron chi connectivity index (χ2n) is 5.77. The van der Waals surface area contributed by atoms with Gasteiger partial charge in [-0.15, -0.1) is 0 Å². The van der Waals surface area contributed by atoms with E-state index in [1.54, 1.807) is 11.1 Å². The Hall–Kier alpha value is -0.560. The lowest BCUT2D eigenvalue weighted by Crippen LogP contribution is -2.29. The van der Waals surface area contributed by atoms with Gasteiger partial charge in [-0.3, -0.25) is 0 Å². The highest BCUT2D eigenvalue weighted by atomic mass is 14.7. The van der Waals surface area contributed by atoms with Crippen molar-refractivity contribution in [2.24, 2.45) is 29.4 Å². The van der Waals surface area contributed by atoms with Crippen molar-refractivity contribution >= 4 is 0 Å². The molecule has 3 aliphatic rings. The maximum Gasteiger partial charge on any atom is 0.0297 e. The van der Waals surface area contributed by atoms with Crippen LogP contribution in [0.4, 0.5) is 0 Å². The molecule has 0 radical (unpaired) electrons. The summed E-state index contributed by atoms with van der Waals surface area (Å²) in [6.07, 6.45) is 8.52. The molecule has 3 rings (SSSR count). The van der Waals surface area contributed by atoms with Crippen LogP contribution in [0.15, 0.2) is 23.3 Å². The lowest BCUT2D eigenvalue weighted by Gasteiger charge is -2.26. The van der Waals surface area contributed by atoms with E-state index in [4.69, 9.17) is 5.73 Å². The first-order chi connectivity index (χ1) is 7.20. The van der Waals surface area contributed by atoms with Gasteiger partial charge in [0.05, 0.1) is 0 Å². The third-order valence-corrected chi connectivity index (χ3v) is 4.71. The molecule has 4 atom stereocenters. The SMILES string of the molecule is CC(C)C1C2CCC1C1=C2C=CCC1N. The van der Waals surface area contributed by atoms with Crippen molar-refractivity contribution < 1.29 is 0 Å². The number of nitrogens with two attached hydrogens (primary N) is 1. The standard InChI is InChI=1S/C14H21N/c1-8(2)13-10-6-7-11(13)14-9(10)4-3-5-12(14)15/h3-4,8,10-13H,5-7,15H2,1-2H3. The Labute approximate surface area is 92.4 Å². The summed E-state index contributed by atoms with van der Waals surface area (Å²) in [7, 11) is 0. The van der Waals surface area contributed by atoms with Crippen LogP contribution in [-0.4, -0.2) is 6.04 Å². The van der Waals surface area contributed by atoms with Gasteiger partial charge in [0.2, 0.25) is 0 Å². The van der Waals surface area contributed by atoms with Crippen molar-refractivity contribution in [2.45, 2.75) is 39.2 Å². The van der Waals surface area contributed by atoms with E-state index in [1.807, 2.05) is 0 Å². The van der Waals surface area contributed by atoms with Crippen LogP contribution in [0.3, 0.4) is 0 Å². The van der Waals surface area contributed by atoms with Crippen LogP contribution >= 0.6 is 0 Å². The molecule has 0 amide bonds. The van der Waals surface area contributed by atoms with Crippen LogP contribution in [-0.2, 0) is 0 Å². The fourth-order valence-corrected chi connectivity index (χ4v) is 4.28. The molecular formula is C14H21N. The zero-order chi connectivity index (χ0) is 10.6. The lowest BCUT2D eigenvalue weighted by molar-refractivity contribution is 0.303. The monoisotopic (exact) mass is 203 g/mol. The van der Waals surface area contributed by atoms with E-state index < -0.39 is 0 Å². The number of hydrogen-bond acceptors (Lipinski definition) is 1. The van der Waals surface area contributed by atoms with Crippen LogP contribution in [0.25, 0.3) is 0 Å². The van der Waals surface area contributed by atoms with Crippen molar-refractivity contribution in [3.05, 3.63) is 23.3 Å². The minimum atomic E-state index is 0.335. The van der Waals surface area contributed by atoms with E-state index in [-0.39, 0.29) is 0 Å². The van der Waals surface area contributed by atoms with Crippen LogP contribution < -0.4 is 5.73 Å². The quantitative estimate of drug-likeness (QED) is 0.696. The molecule has 0 saturated heterocycles. The molecule has 0 spiro atoms. The topological polar surface area (TPSA) is 26.0 Å². The van der Waals surface area contributed by atoms with Crippen molar-refractivity contribution in [3.8, 4) is 0 Å². The lowest BCUT2D eigenvalue weighted by atomic mass is 9.82. The predicted octanol–water partition coefficient (Wildman–Crippen LogP) is 2.88. The zero-order valence-corrected chi connectivity index (χ0v) is 9.74. The van der Waals surface area contributed by atoms with Gasteiger partial charge in [-0.1, -0.05) is 26.0 Å². The average molecular weight is 203 g/mol. The molecule has 0 heterocycles. The van der Waals surface area contributed by atoms with Crippen LogP contribution in [0.2, 0.25) is 0 Å². The minimum absolute atomic E-state index is 0.335. The summed E-state index contributed by atoms with van der Waals surface area (Å²) >= 11 is 0. The summed E-state index contributed by atoms with van der Waals surface area (Å²) in [5, 5.41) is 0. The van der Waals surface area contributed by atoms with Gasteiger partial charge < -0.3 is 5.73 Å². The summed E-state index contributed by atoms with van der Waals surface area (Å²) < 4.78 is 0. The summed E-state index contributed by atoms with van der Waals surface area (Å²) in [4.78, 5) is 0. The van der Waals surface area contributed by atoms with Crippen molar-refractivity contribution in [1.29, 1.82) is 0 Å². The summed E-state index contributed by atoms with van der Waals surface area (Å²) in [5.41, 5.74) is 9.52. The van der Waals surface area contributed by atoms with E-state index in [0.717, 1.165) is 30.1 Å². The van der Waals surface area contributed by atoms with E-state index in [2.05, 4.69) is 26.0 Å². The van der Waals surface area contributed by atoms with Gasteiger partial charge in [-0.2, -0.15) is 0 Å². The first-order valence-electron chi connectivity index (χ1n) is 6.36. The number of allylic oxidation sites excluding steroid dienone is 2. The Kier molecular flexibility index (Phi) is 2.07. The highest BCUT2D eigenvalue weighted by Gasteiger charge is 2.49. The third-order valence-electron chi connectivity index (χ3n) is 4.71. The van der Waals surface area contributed by atoms with E-state index in [9.17, 15) is 0 Å².